The summed E-state index contributed by atoms with van der Waals surface area (Å²) in [6, 6.07) is 5.87. The van der Waals surface area contributed by atoms with E-state index < -0.39 is 5.69 Å². The topological polar surface area (TPSA) is 76.5 Å². The van der Waals surface area contributed by atoms with Gasteiger partial charge in [0.05, 0.1) is 19.3 Å². The number of ether oxygens (including phenoxy) is 1. The number of nitrogens with zero attached hydrogens (tertiary/aromatic N) is 3. The van der Waals surface area contributed by atoms with E-state index in [0.29, 0.717) is 19.8 Å². The standard InChI is InChI=1S/C16H20N4O3S/c21-15(12-20-5-2-4-17-16(20)22)18-11-13(14-3-1-10-24-14)19-6-8-23-9-7-19/h1-5,10,13H,6-9,11-12H2,(H,18,21). The molecule has 2 aromatic heterocycles. The number of thiophene rings is 1. The molecule has 8 heteroatoms. The van der Waals surface area contributed by atoms with Gasteiger partial charge in [0.25, 0.3) is 0 Å². The molecule has 1 N–H and O–H groups in total. The van der Waals surface area contributed by atoms with Crippen LogP contribution in [-0.2, 0) is 16.1 Å². The highest BCUT2D eigenvalue weighted by Crippen LogP contribution is 2.25. The molecule has 0 aliphatic carbocycles. The summed E-state index contributed by atoms with van der Waals surface area (Å²) in [7, 11) is 0. The molecule has 0 bridgehead atoms. The van der Waals surface area contributed by atoms with Gasteiger partial charge in [-0.05, 0) is 17.5 Å². The Labute approximate surface area is 143 Å². The highest BCUT2D eigenvalue weighted by atomic mass is 32.1. The molecular weight excluding hydrogens is 328 g/mol. The summed E-state index contributed by atoms with van der Waals surface area (Å²) in [5.41, 5.74) is -0.421. The van der Waals surface area contributed by atoms with E-state index in [1.807, 2.05) is 11.4 Å². The van der Waals surface area contributed by atoms with Crippen LogP contribution in [0.4, 0.5) is 0 Å². The Morgan fingerprint density at radius 2 is 2.21 bits per heavy atom. The molecule has 3 heterocycles. The fourth-order valence-corrected chi connectivity index (χ4v) is 3.57. The maximum atomic E-state index is 12.2. The van der Waals surface area contributed by atoms with Crippen molar-refractivity contribution >= 4 is 17.2 Å². The molecule has 1 unspecified atom stereocenters. The summed E-state index contributed by atoms with van der Waals surface area (Å²) in [4.78, 5) is 31.0. The summed E-state index contributed by atoms with van der Waals surface area (Å²) in [6.07, 6.45) is 2.98. The Kier molecular flexibility index (Phi) is 5.73. The molecule has 3 rings (SSSR count). The Morgan fingerprint density at radius 3 is 2.92 bits per heavy atom. The molecule has 0 saturated carbocycles. The number of morpholine rings is 1. The Bertz CT molecular complexity index is 710. The maximum absolute atomic E-state index is 12.2. The first kappa shape index (κ1) is 16.8. The van der Waals surface area contributed by atoms with Gasteiger partial charge in [0, 0.05) is 36.9 Å². The van der Waals surface area contributed by atoms with E-state index in [-0.39, 0.29) is 18.5 Å². The smallest absolute Gasteiger partial charge is 0.347 e. The van der Waals surface area contributed by atoms with Crippen molar-refractivity contribution < 1.29 is 9.53 Å². The van der Waals surface area contributed by atoms with Gasteiger partial charge in [0.15, 0.2) is 0 Å². The van der Waals surface area contributed by atoms with Crippen molar-refractivity contribution in [1.82, 2.24) is 19.8 Å². The van der Waals surface area contributed by atoms with Gasteiger partial charge in [0.1, 0.15) is 6.54 Å². The first-order valence-electron chi connectivity index (χ1n) is 7.87. The number of amides is 1. The van der Waals surface area contributed by atoms with Crippen LogP contribution in [0.3, 0.4) is 0 Å². The maximum Gasteiger partial charge on any atom is 0.347 e. The number of hydrogen-bond donors (Lipinski definition) is 1. The van der Waals surface area contributed by atoms with Crippen LogP contribution in [0.25, 0.3) is 0 Å². The fraction of sp³-hybridized carbons (Fsp3) is 0.438. The molecular formula is C16H20N4O3S. The zero-order valence-electron chi connectivity index (χ0n) is 13.3. The first-order valence-corrected chi connectivity index (χ1v) is 8.75. The van der Waals surface area contributed by atoms with E-state index in [1.165, 1.54) is 15.6 Å². The largest absolute Gasteiger partial charge is 0.379 e. The van der Waals surface area contributed by atoms with Gasteiger partial charge in [-0.15, -0.1) is 11.3 Å². The van der Waals surface area contributed by atoms with Crippen LogP contribution >= 0.6 is 11.3 Å². The lowest BCUT2D eigenvalue weighted by atomic mass is 10.2. The van der Waals surface area contributed by atoms with Gasteiger partial charge >= 0.3 is 5.69 Å². The predicted molar refractivity (Wildman–Crippen MR) is 91.0 cm³/mol. The monoisotopic (exact) mass is 348 g/mol. The minimum Gasteiger partial charge on any atom is -0.379 e. The summed E-state index contributed by atoms with van der Waals surface area (Å²) in [5.74, 6) is -0.195. The average molecular weight is 348 g/mol. The van der Waals surface area contributed by atoms with Gasteiger partial charge in [-0.1, -0.05) is 6.07 Å². The molecule has 1 saturated heterocycles. The highest BCUT2D eigenvalue weighted by molar-refractivity contribution is 7.10. The van der Waals surface area contributed by atoms with Crippen molar-refractivity contribution in [3.05, 3.63) is 51.3 Å². The van der Waals surface area contributed by atoms with E-state index in [1.54, 1.807) is 23.6 Å². The summed E-state index contributed by atoms with van der Waals surface area (Å²) < 4.78 is 6.71. The lowest BCUT2D eigenvalue weighted by Crippen LogP contribution is -2.44. The molecule has 1 atom stereocenters. The third-order valence-electron chi connectivity index (χ3n) is 3.95. The summed E-state index contributed by atoms with van der Waals surface area (Å²) >= 11 is 1.68. The minimum atomic E-state index is -0.421. The lowest BCUT2D eigenvalue weighted by Gasteiger charge is -2.34. The van der Waals surface area contributed by atoms with Gasteiger partial charge in [0.2, 0.25) is 5.91 Å². The second-order valence-corrected chi connectivity index (χ2v) is 6.49. The molecule has 0 aromatic carbocycles. The second-order valence-electron chi connectivity index (χ2n) is 5.51. The second kappa shape index (κ2) is 8.18. The molecule has 24 heavy (non-hydrogen) atoms. The molecule has 0 spiro atoms. The lowest BCUT2D eigenvalue weighted by molar-refractivity contribution is -0.122. The van der Waals surface area contributed by atoms with Crippen molar-refractivity contribution in [2.75, 3.05) is 32.8 Å². The average Bonchev–Trinajstić information content (AvgIpc) is 3.12. The van der Waals surface area contributed by atoms with Crippen LogP contribution in [0.1, 0.15) is 10.9 Å². The van der Waals surface area contributed by atoms with Crippen molar-refractivity contribution in [3.8, 4) is 0 Å². The Morgan fingerprint density at radius 1 is 1.38 bits per heavy atom. The van der Waals surface area contributed by atoms with Crippen LogP contribution in [0, 0.1) is 0 Å². The molecule has 1 fully saturated rings. The molecule has 0 radical (unpaired) electrons. The SMILES string of the molecule is O=C(Cn1cccnc1=O)NCC(c1cccs1)N1CCOCC1. The fourth-order valence-electron chi connectivity index (χ4n) is 2.71. The van der Waals surface area contributed by atoms with E-state index in [0.717, 1.165) is 13.1 Å². The number of nitrogens with one attached hydrogen (secondary N) is 1. The quantitative estimate of drug-likeness (QED) is 0.822. The van der Waals surface area contributed by atoms with Crippen LogP contribution in [0.2, 0.25) is 0 Å². The van der Waals surface area contributed by atoms with Gasteiger partial charge < -0.3 is 10.1 Å². The molecule has 128 valence electrons. The van der Waals surface area contributed by atoms with Crippen LogP contribution in [0.5, 0.6) is 0 Å². The van der Waals surface area contributed by atoms with Crippen LogP contribution in [-0.4, -0.2) is 53.2 Å². The van der Waals surface area contributed by atoms with Gasteiger partial charge in [-0.25, -0.2) is 9.78 Å². The van der Waals surface area contributed by atoms with E-state index >= 15 is 0 Å². The predicted octanol–water partition coefficient (Wildman–Crippen LogP) is 0.494. The normalized spacial score (nSPS) is 16.7. The van der Waals surface area contributed by atoms with Crippen LogP contribution < -0.4 is 11.0 Å². The molecule has 7 nitrogen and oxygen atoms in total. The summed E-state index contributed by atoms with van der Waals surface area (Å²) in [6.45, 7) is 3.60. The van der Waals surface area contributed by atoms with Crippen molar-refractivity contribution in [2.45, 2.75) is 12.6 Å². The Hall–Kier alpha value is -2.03. The van der Waals surface area contributed by atoms with Gasteiger partial charge in [-0.3, -0.25) is 14.3 Å². The van der Waals surface area contributed by atoms with Crippen molar-refractivity contribution in [3.63, 3.8) is 0 Å². The highest BCUT2D eigenvalue weighted by Gasteiger charge is 2.23. The Balaban J connectivity index is 1.62. The van der Waals surface area contributed by atoms with Crippen molar-refractivity contribution in [1.29, 1.82) is 0 Å². The van der Waals surface area contributed by atoms with Gasteiger partial charge in [-0.2, -0.15) is 0 Å². The molecule has 1 aliphatic rings. The molecule has 1 amide bonds. The number of hydrogen-bond acceptors (Lipinski definition) is 6. The molecule has 1 aliphatic heterocycles. The minimum absolute atomic E-state index is 0.0209. The van der Waals surface area contributed by atoms with E-state index in [4.69, 9.17) is 4.74 Å². The number of aromatic nitrogens is 2. The van der Waals surface area contributed by atoms with Crippen molar-refractivity contribution in [2.24, 2.45) is 0 Å². The third-order valence-corrected chi connectivity index (χ3v) is 4.92. The van der Waals surface area contributed by atoms with Crippen LogP contribution in [0.15, 0.2) is 40.8 Å². The number of rotatable bonds is 6. The number of carbonyl (C=O) groups is 1. The van der Waals surface area contributed by atoms with E-state index in [9.17, 15) is 9.59 Å². The third kappa shape index (κ3) is 4.28. The zero-order valence-corrected chi connectivity index (χ0v) is 14.1. The zero-order chi connectivity index (χ0) is 16.8. The number of carbonyl (C=O) groups excluding carboxylic acids is 1. The first-order chi connectivity index (χ1) is 11.7. The summed E-state index contributed by atoms with van der Waals surface area (Å²) in [5, 5.41) is 4.98. The molecule has 2 aromatic rings. The van der Waals surface area contributed by atoms with E-state index in [2.05, 4.69) is 21.3 Å².